The lowest BCUT2D eigenvalue weighted by atomic mass is 10.1. The van der Waals surface area contributed by atoms with E-state index in [1.54, 1.807) is 30.6 Å². The van der Waals surface area contributed by atoms with E-state index in [1.807, 2.05) is 6.07 Å². The van der Waals surface area contributed by atoms with Gasteiger partial charge in [-0.1, -0.05) is 6.07 Å². The van der Waals surface area contributed by atoms with Gasteiger partial charge in [0.1, 0.15) is 11.6 Å². The number of halogens is 1. The second kappa shape index (κ2) is 7.61. The third-order valence-corrected chi connectivity index (χ3v) is 6.47. The summed E-state index contributed by atoms with van der Waals surface area (Å²) in [6.07, 6.45) is 4.62. The van der Waals surface area contributed by atoms with Crippen LogP contribution in [-0.2, 0) is 10.0 Å². The van der Waals surface area contributed by atoms with Crippen LogP contribution >= 0.6 is 0 Å². The van der Waals surface area contributed by atoms with Crippen molar-refractivity contribution in [2.24, 2.45) is 0 Å². The maximum atomic E-state index is 13.2. The van der Waals surface area contributed by atoms with Crippen molar-refractivity contribution in [3.05, 3.63) is 72.4 Å². The van der Waals surface area contributed by atoms with Crippen molar-refractivity contribution < 1.29 is 12.8 Å². The first-order valence-electron chi connectivity index (χ1n) is 8.82. The van der Waals surface area contributed by atoms with Crippen molar-refractivity contribution >= 4 is 21.8 Å². The molecule has 7 nitrogen and oxygen atoms in total. The molecule has 0 radical (unpaired) electrons. The van der Waals surface area contributed by atoms with Gasteiger partial charge in [0.05, 0.1) is 16.6 Å². The Bertz CT molecular complexity index is 1060. The molecule has 0 aliphatic carbocycles. The van der Waals surface area contributed by atoms with Gasteiger partial charge < -0.3 is 5.32 Å². The number of pyridine rings is 1. The van der Waals surface area contributed by atoms with Crippen LogP contribution in [0.5, 0.6) is 0 Å². The Morgan fingerprint density at radius 3 is 2.61 bits per heavy atom. The van der Waals surface area contributed by atoms with Crippen LogP contribution in [0.4, 0.5) is 16.2 Å². The Labute approximate surface area is 162 Å². The van der Waals surface area contributed by atoms with Gasteiger partial charge in [0.15, 0.2) is 0 Å². The smallest absolute Gasteiger partial charge is 0.243 e. The molecule has 2 aromatic heterocycles. The van der Waals surface area contributed by atoms with Gasteiger partial charge in [-0.25, -0.2) is 27.8 Å². The number of rotatable bonds is 5. The maximum Gasteiger partial charge on any atom is 0.243 e. The average molecular weight is 399 g/mol. The molecule has 28 heavy (non-hydrogen) atoms. The highest BCUT2D eigenvalue weighted by atomic mass is 32.2. The van der Waals surface area contributed by atoms with Gasteiger partial charge in [-0.3, -0.25) is 0 Å². The Morgan fingerprint density at radius 1 is 1.04 bits per heavy atom. The molecule has 1 aromatic carbocycles. The van der Waals surface area contributed by atoms with Gasteiger partial charge in [-0.2, -0.15) is 4.31 Å². The fraction of sp³-hybridized carbons (Fsp3) is 0.211. The van der Waals surface area contributed by atoms with Crippen LogP contribution in [0.1, 0.15) is 24.6 Å². The summed E-state index contributed by atoms with van der Waals surface area (Å²) in [5.41, 5.74) is 0.608. The minimum Gasteiger partial charge on any atom is -0.309 e. The first-order valence-corrected chi connectivity index (χ1v) is 10.3. The molecule has 144 valence electrons. The highest BCUT2D eigenvalue weighted by Crippen LogP contribution is 2.36. The van der Waals surface area contributed by atoms with Gasteiger partial charge in [0, 0.05) is 18.9 Å². The first kappa shape index (κ1) is 18.5. The Morgan fingerprint density at radius 2 is 1.86 bits per heavy atom. The number of nitrogens with one attached hydrogen (secondary N) is 1. The van der Waals surface area contributed by atoms with Crippen molar-refractivity contribution in [3.8, 4) is 0 Å². The largest absolute Gasteiger partial charge is 0.309 e. The second-order valence-corrected chi connectivity index (χ2v) is 8.26. The maximum absolute atomic E-state index is 13.2. The summed E-state index contributed by atoms with van der Waals surface area (Å²) < 4.78 is 40.7. The van der Waals surface area contributed by atoms with Crippen LogP contribution in [0.25, 0.3) is 0 Å². The molecule has 1 aliphatic heterocycles. The first-order chi connectivity index (χ1) is 13.5. The number of hydrogen-bond acceptors (Lipinski definition) is 6. The zero-order valence-electron chi connectivity index (χ0n) is 14.9. The summed E-state index contributed by atoms with van der Waals surface area (Å²) in [6, 6.07) is 11.6. The van der Waals surface area contributed by atoms with E-state index >= 15 is 0 Å². The number of nitrogens with zero attached hydrogens (tertiary/aromatic N) is 4. The molecule has 0 bridgehead atoms. The second-order valence-electron chi connectivity index (χ2n) is 6.37. The summed E-state index contributed by atoms with van der Waals surface area (Å²) in [4.78, 5) is 12.9. The van der Waals surface area contributed by atoms with Crippen molar-refractivity contribution in [2.75, 3.05) is 11.9 Å². The van der Waals surface area contributed by atoms with Gasteiger partial charge in [0.25, 0.3) is 0 Å². The van der Waals surface area contributed by atoms with Crippen LogP contribution in [0.15, 0.2) is 65.8 Å². The molecule has 0 saturated carbocycles. The monoisotopic (exact) mass is 399 g/mol. The van der Waals surface area contributed by atoms with Crippen LogP contribution in [-0.4, -0.2) is 34.2 Å². The normalized spacial score (nSPS) is 17.5. The van der Waals surface area contributed by atoms with Gasteiger partial charge in [0.2, 0.25) is 16.0 Å². The summed E-state index contributed by atoms with van der Waals surface area (Å²) in [5.74, 6) is 0.474. The van der Waals surface area contributed by atoms with E-state index in [9.17, 15) is 12.8 Å². The quantitative estimate of drug-likeness (QED) is 0.708. The van der Waals surface area contributed by atoms with Crippen LogP contribution < -0.4 is 5.32 Å². The van der Waals surface area contributed by atoms with E-state index in [1.165, 1.54) is 16.4 Å². The fourth-order valence-corrected chi connectivity index (χ4v) is 4.90. The number of aromatic nitrogens is 3. The molecule has 3 aromatic rings. The van der Waals surface area contributed by atoms with Gasteiger partial charge in [-0.05, 0) is 55.3 Å². The minimum absolute atomic E-state index is 0.0710. The van der Waals surface area contributed by atoms with Crippen LogP contribution in [0, 0.1) is 5.82 Å². The minimum atomic E-state index is -3.75. The molecular weight excluding hydrogens is 381 g/mol. The molecular formula is C19H18FN5O2S. The lowest BCUT2D eigenvalue weighted by Gasteiger charge is -2.24. The topological polar surface area (TPSA) is 88.1 Å². The highest BCUT2D eigenvalue weighted by molar-refractivity contribution is 7.89. The van der Waals surface area contributed by atoms with Crippen molar-refractivity contribution in [2.45, 2.75) is 23.8 Å². The lowest BCUT2D eigenvalue weighted by molar-refractivity contribution is 0.390. The molecule has 1 atom stereocenters. The van der Waals surface area contributed by atoms with Gasteiger partial charge in [-0.15, -0.1) is 0 Å². The number of benzene rings is 1. The standard InChI is InChI=1S/C19H18FN5O2S/c20-14-6-8-15(9-7-14)28(26,27)25-13-3-4-17(25)16-10-12-22-19(23-16)24-18-5-1-2-11-21-18/h1-2,5-12,17H,3-4,13H2,(H,21,22,23,24)/t17-/m1/s1. The van der Waals surface area contributed by atoms with E-state index in [2.05, 4.69) is 20.3 Å². The molecule has 1 fully saturated rings. The molecule has 0 amide bonds. The lowest BCUT2D eigenvalue weighted by Crippen LogP contribution is -2.31. The molecule has 0 unspecified atom stereocenters. The predicted molar refractivity (Wildman–Crippen MR) is 102 cm³/mol. The molecule has 4 rings (SSSR count). The zero-order chi connectivity index (χ0) is 19.6. The highest BCUT2D eigenvalue weighted by Gasteiger charge is 2.37. The summed E-state index contributed by atoms with van der Waals surface area (Å²) in [5, 5.41) is 3.02. The van der Waals surface area contributed by atoms with Crippen molar-refractivity contribution in [1.82, 2.24) is 19.3 Å². The Balaban J connectivity index is 1.61. The molecule has 3 heterocycles. The number of hydrogen-bond donors (Lipinski definition) is 1. The Hall–Kier alpha value is -2.91. The summed E-state index contributed by atoms with van der Waals surface area (Å²) >= 11 is 0. The number of anilines is 2. The molecule has 1 aliphatic rings. The average Bonchev–Trinajstić information content (AvgIpc) is 3.20. The third-order valence-electron chi connectivity index (χ3n) is 4.55. The van der Waals surface area contributed by atoms with E-state index in [4.69, 9.17) is 0 Å². The fourth-order valence-electron chi connectivity index (χ4n) is 3.24. The SMILES string of the molecule is O=S(=O)(c1ccc(F)cc1)N1CCC[C@@H]1c1ccnc(Nc2ccccn2)n1. The molecule has 0 spiro atoms. The number of sulfonamides is 1. The van der Waals surface area contributed by atoms with Crippen molar-refractivity contribution in [1.29, 1.82) is 0 Å². The van der Waals surface area contributed by atoms with Crippen LogP contribution in [0.2, 0.25) is 0 Å². The predicted octanol–water partition coefficient (Wildman–Crippen LogP) is 3.28. The molecule has 9 heteroatoms. The van der Waals surface area contributed by atoms with Crippen LogP contribution in [0.3, 0.4) is 0 Å². The van der Waals surface area contributed by atoms with Gasteiger partial charge >= 0.3 is 0 Å². The van der Waals surface area contributed by atoms with E-state index in [0.29, 0.717) is 30.4 Å². The zero-order valence-corrected chi connectivity index (χ0v) is 15.7. The van der Waals surface area contributed by atoms with E-state index in [0.717, 1.165) is 18.6 Å². The molecule has 1 saturated heterocycles. The third kappa shape index (κ3) is 3.71. The molecule has 1 N–H and O–H groups in total. The van der Waals surface area contributed by atoms with E-state index < -0.39 is 21.9 Å². The Kier molecular flexibility index (Phi) is 5.01. The summed E-state index contributed by atoms with van der Waals surface area (Å²) in [6.45, 7) is 0.386. The summed E-state index contributed by atoms with van der Waals surface area (Å²) in [7, 11) is -3.75. The van der Waals surface area contributed by atoms with E-state index in [-0.39, 0.29) is 4.90 Å². The van der Waals surface area contributed by atoms with Crippen molar-refractivity contribution in [3.63, 3.8) is 0 Å².